The number of carbonyl (C=O) groups excluding carboxylic acids is 2. The van der Waals surface area contributed by atoms with Gasteiger partial charge < -0.3 is 24.2 Å². The SMILES string of the molecule is CN(C)C(=O)COC[C@]12CCCO[C@@H]1CCN(C(=O)N1CCCC1)C2. The second-order valence-corrected chi connectivity index (χ2v) is 7.79. The third-order valence-corrected chi connectivity index (χ3v) is 5.75. The van der Waals surface area contributed by atoms with Gasteiger partial charge in [0.2, 0.25) is 5.91 Å². The minimum absolute atomic E-state index is 0.0366. The Bertz CT molecular complexity index is 493. The maximum absolute atomic E-state index is 12.8. The van der Waals surface area contributed by atoms with Crippen LogP contribution >= 0.6 is 0 Å². The molecule has 0 aromatic rings. The first-order chi connectivity index (χ1) is 12.0. The Hall–Kier alpha value is -1.34. The molecule has 3 aliphatic rings. The molecule has 7 nitrogen and oxygen atoms in total. The van der Waals surface area contributed by atoms with Gasteiger partial charge >= 0.3 is 6.03 Å². The predicted octanol–water partition coefficient (Wildman–Crippen LogP) is 1.18. The fraction of sp³-hybridized carbons (Fsp3) is 0.889. The normalized spacial score (nSPS) is 29.4. The Morgan fingerprint density at radius 2 is 1.92 bits per heavy atom. The molecular formula is C18H31N3O4. The molecule has 2 atom stereocenters. The van der Waals surface area contributed by atoms with Crippen molar-refractivity contribution in [2.24, 2.45) is 5.41 Å². The van der Waals surface area contributed by atoms with Crippen molar-refractivity contribution in [1.29, 1.82) is 0 Å². The largest absolute Gasteiger partial charge is 0.377 e. The Labute approximate surface area is 150 Å². The van der Waals surface area contributed by atoms with E-state index in [4.69, 9.17) is 9.47 Å². The van der Waals surface area contributed by atoms with E-state index in [0.29, 0.717) is 13.2 Å². The lowest BCUT2D eigenvalue weighted by atomic mass is 9.73. The zero-order valence-corrected chi connectivity index (χ0v) is 15.5. The van der Waals surface area contributed by atoms with E-state index in [-0.39, 0.29) is 30.1 Å². The molecule has 0 saturated carbocycles. The first-order valence-electron chi connectivity index (χ1n) is 9.45. The maximum Gasteiger partial charge on any atom is 0.320 e. The van der Waals surface area contributed by atoms with E-state index in [9.17, 15) is 9.59 Å². The summed E-state index contributed by atoms with van der Waals surface area (Å²) in [4.78, 5) is 30.1. The summed E-state index contributed by atoms with van der Waals surface area (Å²) in [6.07, 6.45) is 5.15. The number of likely N-dealkylation sites (tertiary alicyclic amines) is 2. The molecule has 0 radical (unpaired) electrons. The van der Waals surface area contributed by atoms with Gasteiger partial charge in [0.05, 0.1) is 12.7 Å². The number of piperidine rings is 1. The van der Waals surface area contributed by atoms with E-state index >= 15 is 0 Å². The highest BCUT2D eigenvalue weighted by atomic mass is 16.5. The molecule has 0 aromatic carbocycles. The highest BCUT2D eigenvalue weighted by molar-refractivity contribution is 5.76. The van der Waals surface area contributed by atoms with Crippen LogP contribution in [-0.2, 0) is 14.3 Å². The minimum Gasteiger partial charge on any atom is -0.377 e. The average Bonchev–Trinajstić information content (AvgIpc) is 3.15. The lowest BCUT2D eigenvalue weighted by molar-refractivity contribution is -0.155. The topological polar surface area (TPSA) is 62.3 Å². The Morgan fingerprint density at radius 3 is 2.64 bits per heavy atom. The van der Waals surface area contributed by atoms with Gasteiger partial charge in [-0.15, -0.1) is 0 Å². The third-order valence-electron chi connectivity index (χ3n) is 5.75. The van der Waals surface area contributed by atoms with Crippen LogP contribution in [-0.4, -0.2) is 92.8 Å². The predicted molar refractivity (Wildman–Crippen MR) is 93.3 cm³/mol. The van der Waals surface area contributed by atoms with Crippen molar-refractivity contribution in [2.75, 3.05) is 60.1 Å². The van der Waals surface area contributed by atoms with Crippen LogP contribution in [0.15, 0.2) is 0 Å². The average molecular weight is 353 g/mol. The second kappa shape index (κ2) is 7.91. The molecule has 3 heterocycles. The Kier molecular flexibility index (Phi) is 5.84. The van der Waals surface area contributed by atoms with Crippen molar-refractivity contribution in [1.82, 2.24) is 14.7 Å². The van der Waals surface area contributed by atoms with E-state index in [1.807, 2.05) is 9.80 Å². The van der Waals surface area contributed by atoms with E-state index in [1.54, 1.807) is 14.1 Å². The molecule has 0 N–H and O–H groups in total. The number of fused-ring (bicyclic) bond motifs is 1. The highest BCUT2D eigenvalue weighted by Gasteiger charge is 2.47. The molecular weight excluding hydrogens is 322 g/mol. The van der Waals surface area contributed by atoms with Crippen molar-refractivity contribution < 1.29 is 19.1 Å². The van der Waals surface area contributed by atoms with Crippen molar-refractivity contribution in [2.45, 2.75) is 38.2 Å². The number of rotatable bonds is 4. The van der Waals surface area contributed by atoms with E-state index in [1.165, 1.54) is 4.90 Å². The number of hydrogen-bond acceptors (Lipinski definition) is 4. The monoisotopic (exact) mass is 353 g/mol. The molecule has 0 unspecified atom stereocenters. The highest BCUT2D eigenvalue weighted by Crippen LogP contribution is 2.40. The van der Waals surface area contributed by atoms with Gasteiger partial charge in [0.15, 0.2) is 0 Å². The molecule has 3 rings (SSSR count). The fourth-order valence-corrected chi connectivity index (χ4v) is 4.24. The molecule has 0 aliphatic carbocycles. The van der Waals surface area contributed by atoms with E-state index in [2.05, 4.69) is 0 Å². The number of ether oxygens (including phenoxy) is 2. The molecule has 3 saturated heterocycles. The zero-order valence-electron chi connectivity index (χ0n) is 15.5. The summed E-state index contributed by atoms with van der Waals surface area (Å²) in [6.45, 7) is 4.50. The smallest absolute Gasteiger partial charge is 0.320 e. The summed E-state index contributed by atoms with van der Waals surface area (Å²) in [5, 5.41) is 0. The number of amides is 3. The van der Waals surface area contributed by atoms with Crippen molar-refractivity contribution in [3.05, 3.63) is 0 Å². The van der Waals surface area contributed by atoms with Gasteiger partial charge in [0.25, 0.3) is 0 Å². The Balaban J connectivity index is 1.63. The number of urea groups is 1. The van der Waals surface area contributed by atoms with Crippen LogP contribution < -0.4 is 0 Å². The molecule has 3 fully saturated rings. The van der Waals surface area contributed by atoms with Crippen molar-refractivity contribution in [3.8, 4) is 0 Å². The first-order valence-corrected chi connectivity index (χ1v) is 9.45. The third kappa shape index (κ3) is 4.08. The van der Waals surface area contributed by atoms with Gasteiger partial charge in [-0.2, -0.15) is 0 Å². The number of carbonyl (C=O) groups is 2. The van der Waals surface area contributed by atoms with Gasteiger partial charge in [0, 0.05) is 52.3 Å². The molecule has 25 heavy (non-hydrogen) atoms. The van der Waals surface area contributed by atoms with Crippen LogP contribution in [0.4, 0.5) is 4.79 Å². The molecule has 3 aliphatic heterocycles. The summed E-state index contributed by atoms with van der Waals surface area (Å²) in [5.41, 5.74) is -0.182. The van der Waals surface area contributed by atoms with E-state index in [0.717, 1.165) is 58.3 Å². The lowest BCUT2D eigenvalue weighted by Crippen LogP contribution is -2.59. The standard InChI is InChI=1S/C18H31N3O4/c1-19(2)16(22)12-24-14-18-7-5-11-25-15(18)6-10-21(13-18)17(23)20-8-3-4-9-20/h15H,3-14H2,1-2H3/t15-,18-/m1/s1. The van der Waals surface area contributed by atoms with Crippen LogP contribution in [0.1, 0.15) is 32.1 Å². The zero-order chi connectivity index (χ0) is 17.9. The van der Waals surface area contributed by atoms with Gasteiger partial charge in [-0.05, 0) is 32.1 Å². The van der Waals surface area contributed by atoms with Gasteiger partial charge in [-0.3, -0.25) is 4.79 Å². The number of hydrogen-bond donors (Lipinski definition) is 0. The summed E-state index contributed by atoms with van der Waals surface area (Å²) >= 11 is 0. The fourth-order valence-electron chi connectivity index (χ4n) is 4.24. The van der Waals surface area contributed by atoms with Crippen LogP contribution in [0, 0.1) is 5.41 Å². The minimum atomic E-state index is -0.182. The summed E-state index contributed by atoms with van der Waals surface area (Å²) in [6, 6.07) is 0.158. The molecule has 142 valence electrons. The van der Waals surface area contributed by atoms with E-state index < -0.39 is 0 Å². The van der Waals surface area contributed by atoms with Crippen molar-refractivity contribution >= 4 is 11.9 Å². The first kappa shape index (κ1) is 18.5. The van der Waals surface area contributed by atoms with Crippen LogP contribution in [0.2, 0.25) is 0 Å². The quantitative estimate of drug-likeness (QED) is 0.761. The van der Waals surface area contributed by atoms with Gasteiger partial charge in [0.1, 0.15) is 6.61 Å². The molecule has 0 spiro atoms. The Morgan fingerprint density at radius 1 is 1.16 bits per heavy atom. The van der Waals surface area contributed by atoms with Crippen LogP contribution in [0.3, 0.4) is 0 Å². The number of likely N-dealkylation sites (N-methyl/N-ethyl adjacent to an activating group) is 1. The molecule has 3 amide bonds. The van der Waals surface area contributed by atoms with Gasteiger partial charge in [-0.1, -0.05) is 0 Å². The molecule has 0 aromatic heterocycles. The maximum atomic E-state index is 12.8. The molecule has 0 bridgehead atoms. The summed E-state index contributed by atoms with van der Waals surface area (Å²) in [7, 11) is 3.46. The summed E-state index contributed by atoms with van der Waals surface area (Å²) in [5.74, 6) is -0.0366. The lowest BCUT2D eigenvalue weighted by Gasteiger charge is -2.50. The van der Waals surface area contributed by atoms with Crippen LogP contribution in [0.5, 0.6) is 0 Å². The summed E-state index contributed by atoms with van der Waals surface area (Å²) < 4.78 is 11.8. The van der Waals surface area contributed by atoms with Crippen molar-refractivity contribution in [3.63, 3.8) is 0 Å². The number of nitrogens with zero attached hydrogens (tertiary/aromatic N) is 3. The second-order valence-electron chi connectivity index (χ2n) is 7.79. The van der Waals surface area contributed by atoms with Crippen LogP contribution in [0.25, 0.3) is 0 Å². The van der Waals surface area contributed by atoms with Gasteiger partial charge in [-0.25, -0.2) is 4.79 Å². The molecule has 7 heteroatoms.